The van der Waals surface area contributed by atoms with Crippen LogP contribution in [-0.4, -0.2) is 40.6 Å². The van der Waals surface area contributed by atoms with E-state index in [9.17, 15) is 9.59 Å². The molecule has 162 valence electrons. The third-order valence-electron chi connectivity index (χ3n) is 4.54. The second-order valence-electron chi connectivity index (χ2n) is 8.23. The highest BCUT2D eigenvalue weighted by Crippen LogP contribution is 2.22. The van der Waals surface area contributed by atoms with Crippen LogP contribution in [0.25, 0.3) is 0 Å². The topological polar surface area (TPSA) is 49.4 Å². The molecule has 30 heavy (non-hydrogen) atoms. The van der Waals surface area contributed by atoms with Gasteiger partial charge in [-0.15, -0.1) is 11.8 Å². The Morgan fingerprint density at radius 1 is 1.07 bits per heavy atom. The SMILES string of the molecule is CC[C@@H](C(=O)NC(C)(C)C)N(CCc1ccccc1)C(=O)CSc1ccc(Cl)cc1. The Kier molecular flexibility index (Phi) is 9.25. The molecule has 1 N–H and O–H groups in total. The second-order valence-corrected chi connectivity index (χ2v) is 9.71. The van der Waals surface area contributed by atoms with Crippen LogP contribution in [0.5, 0.6) is 0 Å². The molecule has 0 spiro atoms. The molecule has 0 saturated carbocycles. The van der Waals surface area contributed by atoms with Gasteiger partial charge in [0.25, 0.3) is 0 Å². The van der Waals surface area contributed by atoms with Crippen molar-refractivity contribution in [2.45, 2.75) is 57.0 Å². The Morgan fingerprint density at radius 3 is 2.27 bits per heavy atom. The number of benzene rings is 2. The highest BCUT2D eigenvalue weighted by molar-refractivity contribution is 8.00. The number of nitrogens with one attached hydrogen (secondary N) is 1. The van der Waals surface area contributed by atoms with Crippen LogP contribution in [0, 0.1) is 0 Å². The summed E-state index contributed by atoms with van der Waals surface area (Å²) < 4.78 is 0. The summed E-state index contributed by atoms with van der Waals surface area (Å²) in [7, 11) is 0. The molecule has 4 nitrogen and oxygen atoms in total. The zero-order chi connectivity index (χ0) is 22.1. The summed E-state index contributed by atoms with van der Waals surface area (Å²) in [6.45, 7) is 8.29. The number of halogens is 1. The van der Waals surface area contributed by atoms with E-state index < -0.39 is 6.04 Å². The van der Waals surface area contributed by atoms with Gasteiger partial charge in [-0.1, -0.05) is 48.9 Å². The molecule has 0 radical (unpaired) electrons. The lowest BCUT2D eigenvalue weighted by molar-refractivity contribution is -0.139. The third-order valence-corrected chi connectivity index (χ3v) is 5.79. The highest BCUT2D eigenvalue weighted by Gasteiger charge is 2.30. The molecule has 0 aliphatic heterocycles. The summed E-state index contributed by atoms with van der Waals surface area (Å²) in [4.78, 5) is 28.8. The van der Waals surface area contributed by atoms with Crippen molar-refractivity contribution in [2.24, 2.45) is 0 Å². The van der Waals surface area contributed by atoms with Gasteiger partial charge in [-0.05, 0) is 63.4 Å². The Balaban J connectivity index is 2.14. The van der Waals surface area contributed by atoms with Crippen LogP contribution in [0.15, 0.2) is 59.5 Å². The second kappa shape index (κ2) is 11.4. The van der Waals surface area contributed by atoms with Crippen molar-refractivity contribution in [1.82, 2.24) is 10.2 Å². The predicted molar refractivity (Wildman–Crippen MR) is 126 cm³/mol. The molecule has 6 heteroatoms. The molecule has 0 bridgehead atoms. The van der Waals surface area contributed by atoms with E-state index in [1.807, 2.05) is 82.3 Å². The lowest BCUT2D eigenvalue weighted by Gasteiger charge is -2.33. The van der Waals surface area contributed by atoms with Crippen LogP contribution in [0.4, 0.5) is 0 Å². The molecule has 0 aliphatic rings. The molecule has 0 fully saturated rings. The maximum Gasteiger partial charge on any atom is 0.243 e. The highest BCUT2D eigenvalue weighted by atomic mass is 35.5. The first-order valence-corrected chi connectivity index (χ1v) is 11.6. The van der Waals surface area contributed by atoms with Gasteiger partial charge in [0.1, 0.15) is 6.04 Å². The van der Waals surface area contributed by atoms with E-state index in [1.54, 1.807) is 4.90 Å². The van der Waals surface area contributed by atoms with Crippen molar-refractivity contribution in [2.75, 3.05) is 12.3 Å². The van der Waals surface area contributed by atoms with Gasteiger partial charge in [0.2, 0.25) is 11.8 Å². The molecular formula is C24H31ClN2O2S. The number of amides is 2. The minimum absolute atomic E-state index is 0.0400. The molecule has 0 heterocycles. The molecule has 0 aliphatic carbocycles. The van der Waals surface area contributed by atoms with Gasteiger partial charge in [0, 0.05) is 22.0 Å². The van der Waals surface area contributed by atoms with Gasteiger partial charge in [-0.25, -0.2) is 0 Å². The first-order valence-electron chi connectivity index (χ1n) is 10.2. The zero-order valence-electron chi connectivity index (χ0n) is 18.2. The van der Waals surface area contributed by atoms with Crippen molar-refractivity contribution in [3.05, 3.63) is 65.2 Å². The first kappa shape index (κ1) is 24.3. The number of carbonyl (C=O) groups is 2. The largest absolute Gasteiger partial charge is 0.350 e. The van der Waals surface area contributed by atoms with Crippen LogP contribution in [0.2, 0.25) is 5.02 Å². The van der Waals surface area contributed by atoms with E-state index in [1.165, 1.54) is 11.8 Å². The van der Waals surface area contributed by atoms with Gasteiger partial charge in [0.15, 0.2) is 0 Å². The average molecular weight is 447 g/mol. The Labute approximate surface area is 189 Å². The summed E-state index contributed by atoms with van der Waals surface area (Å²) in [5.41, 5.74) is 0.795. The number of nitrogens with zero attached hydrogens (tertiary/aromatic N) is 1. The Morgan fingerprint density at radius 2 is 1.70 bits per heavy atom. The van der Waals surface area contributed by atoms with E-state index in [2.05, 4.69) is 5.32 Å². The third kappa shape index (κ3) is 8.04. The molecule has 0 aromatic heterocycles. The van der Waals surface area contributed by atoms with Crippen LogP contribution < -0.4 is 5.32 Å². The van der Waals surface area contributed by atoms with Crippen molar-refractivity contribution in [3.8, 4) is 0 Å². The van der Waals surface area contributed by atoms with Crippen molar-refractivity contribution < 1.29 is 9.59 Å². The normalized spacial score (nSPS) is 12.3. The van der Waals surface area contributed by atoms with Gasteiger partial charge >= 0.3 is 0 Å². The van der Waals surface area contributed by atoms with E-state index >= 15 is 0 Å². The number of hydrogen-bond acceptors (Lipinski definition) is 3. The number of carbonyl (C=O) groups excluding carboxylic acids is 2. The minimum Gasteiger partial charge on any atom is -0.350 e. The van der Waals surface area contributed by atoms with Gasteiger partial charge in [-0.2, -0.15) is 0 Å². The van der Waals surface area contributed by atoms with Crippen molar-refractivity contribution in [3.63, 3.8) is 0 Å². The fraction of sp³-hybridized carbons (Fsp3) is 0.417. The average Bonchev–Trinajstić information content (AvgIpc) is 2.69. The van der Waals surface area contributed by atoms with Crippen LogP contribution in [-0.2, 0) is 16.0 Å². The molecule has 1 atom stereocenters. The van der Waals surface area contributed by atoms with E-state index in [-0.39, 0.29) is 23.1 Å². The summed E-state index contributed by atoms with van der Waals surface area (Å²) >= 11 is 7.40. The van der Waals surface area contributed by atoms with Crippen molar-refractivity contribution >= 4 is 35.2 Å². The fourth-order valence-corrected chi connectivity index (χ4v) is 4.02. The lowest BCUT2D eigenvalue weighted by Crippen LogP contribution is -2.54. The lowest BCUT2D eigenvalue weighted by atomic mass is 10.1. The maximum atomic E-state index is 13.2. The molecule has 2 amide bonds. The van der Waals surface area contributed by atoms with Gasteiger partial charge < -0.3 is 10.2 Å². The summed E-state index contributed by atoms with van der Waals surface area (Å²) in [6, 6.07) is 17.0. The summed E-state index contributed by atoms with van der Waals surface area (Å²) in [5.74, 6) is 0.125. The quantitative estimate of drug-likeness (QED) is 0.539. The fourth-order valence-electron chi connectivity index (χ4n) is 3.11. The Hall–Kier alpha value is -1.98. The predicted octanol–water partition coefficient (Wildman–Crippen LogP) is 5.20. The molecule has 0 saturated heterocycles. The maximum absolute atomic E-state index is 13.2. The van der Waals surface area contributed by atoms with E-state index in [0.29, 0.717) is 24.4 Å². The molecule has 2 rings (SSSR count). The summed E-state index contributed by atoms with van der Waals surface area (Å²) in [5, 5.41) is 3.70. The number of rotatable bonds is 9. The van der Waals surface area contributed by atoms with E-state index in [4.69, 9.17) is 11.6 Å². The van der Waals surface area contributed by atoms with Crippen molar-refractivity contribution in [1.29, 1.82) is 0 Å². The standard InChI is InChI=1S/C24H31ClN2O2S/c1-5-21(23(29)26-24(2,3)4)27(16-15-18-9-7-6-8-10-18)22(28)17-30-20-13-11-19(25)12-14-20/h6-14,21H,5,15-17H2,1-4H3,(H,26,29)/t21-/m0/s1. The molecular weight excluding hydrogens is 416 g/mol. The molecule has 2 aromatic rings. The van der Waals surface area contributed by atoms with E-state index in [0.717, 1.165) is 10.5 Å². The minimum atomic E-state index is -0.494. The monoisotopic (exact) mass is 446 g/mol. The Bertz CT molecular complexity index is 819. The zero-order valence-corrected chi connectivity index (χ0v) is 19.7. The van der Waals surface area contributed by atoms with Crippen LogP contribution in [0.1, 0.15) is 39.7 Å². The van der Waals surface area contributed by atoms with Crippen LogP contribution >= 0.6 is 23.4 Å². The van der Waals surface area contributed by atoms with Gasteiger partial charge in [-0.3, -0.25) is 9.59 Å². The number of hydrogen-bond donors (Lipinski definition) is 1. The number of thioether (sulfide) groups is 1. The summed E-state index contributed by atoms with van der Waals surface area (Å²) in [6.07, 6.45) is 1.27. The molecule has 2 aromatic carbocycles. The van der Waals surface area contributed by atoms with Gasteiger partial charge in [0.05, 0.1) is 5.75 Å². The van der Waals surface area contributed by atoms with Crippen LogP contribution in [0.3, 0.4) is 0 Å². The smallest absolute Gasteiger partial charge is 0.243 e. The molecule has 0 unspecified atom stereocenters. The first-order chi connectivity index (χ1) is 14.2.